The van der Waals surface area contributed by atoms with Gasteiger partial charge in [-0.2, -0.15) is 0 Å². The van der Waals surface area contributed by atoms with Crippen molar-refractivity contribution in [2.24, 2.45) is 11.5 Å². The van der Waals surface area contributed by atoms with E-state index in [2.05, 4.69) is 85.7 Å². The molecule has 474 valence electrons. The van der Waals surface area contributed by atoms with Crippen LogP contribution in [0.4, 0.5) is 0 Å². The standard InChI is InChI=1S/C71H91Cl2N11O5/c1-49(76-3)67(85)79-59(46-81-38-12-20-60(81)47-82(40-34-52-16-9-6-10-17-52)69(87)64(74)44-55-32-36-78-37-33-55)29-24-53-22-27-57(28-23-53)58-19-11-18-54(42-58)35-41-83(70(88)65(75)45-56-25-30-62(72)63(73)43-56)48-61-21-13-39-84(61)71(89)66(80-68(86)50(2)77-4)31-26-51-14-7-5-8-15-51/h5-11,14-19,22-23,25,27-28,30,32-33,36-37,42-43,49-50,59-61,64-66,76-77H,12-13,20-21,24,26,29,31,34-35,38-41,44-48,74-75H2,1-4H3,(H,79,85)(H,80,86)/t49-,50-,59-,60-,61-,64+,65+,66-/m0/s1. The molecule has 89 heavy (non-hydrogen) atoms. The van der Waals surface area contributed by atoms with Gasteiger partial charge in [0, 0.05) is 69.8 Å². The Hall–Kier alpha value is -7.02. The molecule has 0 aliphatic carbocycles. The zero-order valence-electron chi connectivity index (χ0n) is 52.2. The molecule has 16 nitrogen and oxygen atoms in total. The highest BCUT2D eigenvalue weighted by molar-refractivity contribution is 6.42. The Morgan fingerprint density at radius 1 is 0.562 bits per heavy atom. The first kappa shape index (κ1) is 67.9. The maximum atomic E-state index is 14.7. The fourth-order valence-electron chi connectivity index (χ4n) is 12.2. The number of benzene rings is 5. The van der Waals surface area contributed by atoms with Gasteiger partial charge in [0.15, 0.2) is 0 Å². The van der Waals surface area contributed by atoms with E-state index in [0.717, 1.165) is 83.2 Å². The Kier molecular flexibility index (Phi) is 26.1. The van der Waals surface area contributed by atoms with Crippen LogP contribution in [0.2, 0.25) is 10.0 Å². The topological polar surface area (TPSA) is 211 Å². The second kappa shape index (κ2) is 34.3. The molecular formula is C71H91Cl2N11O5. The minimum atomic E-state index is -0.888. The van der Waals surface area contributed by atoms with Crippen LogP contribution in [0.25, 0.3) is 11.1 Å². The number of amides is 5. The second-order valence-corrected chi connectivity index (χ2v) is 25.0. The van der Waals surface area contributed by atoms with Crippen molar-refractivity contribution in [2.45, 2.75) is 139 Å². The lowest BCUT2D eigenvalue weighted by molar-refractivity contribution is -0.140. The number of nitrogens with zero attached hydrogens (tertiary/aromatic N) is 5. The summed E-state index contributed by atoms with van der Waals surface area (Å²) in [6.07, 6.45) is 11.3. The second-order valence-electron chi connectivity index (χ2n) is 24.1. The summed E-state index contributed by atoms with van der Waals surface area (Å²) in [5.74, 6) is -0.762. The molecule has 0 bridgehead atoms. The first-order valence-corrected chi connectivity index (χ1v) is 32.5. The molecule has 8 atom stereocenters. The molecule has 2 aliphatic rings. The quantitative estimate of drug-likeness (QED) is 0.0240. The predicted molar refractivity (Wildman–Crippen MR) is 356 cm³/mol. The van der Waals surface area contributed by atoms with Crippen molar-refractivity contribution >= 4 is 52.7 Å². The average Bonchev–Trinajstić information content (AvgIpc) is 4.04. The van der Waals surface area contributed by atoms with E-state index >= 15 is 0 Å². The number of likely N-dealkylation sites (tertiary alicyclic amines) is 2. The molecule has 6 aromatic rings. The van der Waals surface area contributed by atoms with Gasteiger partial charge in [0.05, 0.1) is 34.2 Å². The Morgan fingerprint density at radius 3 is 1.74 bits per heavy atom. The summed E-state index contributed by atoms with van der Waals surface area (Å²) in [6.45, 7) is 7.41. The SMILES string of the molecule is CN[C@@H](C)C(=O)N[C@@H](CCc1ccc(-c2cccc(CCN(C[C@@H]3CCCN3C(=O)[C@H](CCc3ccccc3)NC(=O)[C@H](C)NC)C(=O)[C@H](N)Cc3ccc(Cl)c(Cl)c3)c2)cc1)CN1CCC[C@H]1CN(CCc1ccccc1)C(=O)[C@H](N)Cc1ccncc1. The van der Waals surface area contributed by atoms with E-state index in [1.807, 2.05) is 94.4 Å². The Bertz CT molecular complexity index is 3220. The molecule has 1 aromatic heterocycles. The first-order chi connectivity index (χ1) is 43.0. The summed E-state index contributed by atoms with van der Waals surface area (Å²) in [4.78, 5) is 82.6. The monoisotopic (exact) mass is 1250 g/mol. The van der Waals surface area contributed by atoms with Crippen molar-refractivity contribution in [2.75, 3.05) is 59.9 Å². The lowest BCUT2D eigenvalue weighted by atomic mass is 9.98. The Balaban J connectivity index is 0.937. The smallest absolute Gasteiger partial charge is 0.245 e. The molecule has 5 aromatic carbocycles. The van der Waals surface area contributed by atoms with Crippen LogP contribution in [0, 0.1) is 0 Å². The van der Waals surface area contributed by atoms with E-state index in [0.29, 0.717) is 81.3 Å². The summed E-state index contributed by atoms with van der Waals surface area (Å²) in [7, 11) is 3.51. The molecule has 0 radical (unpaired) electrons. The third-order valence-electron chi connectivity index (χ3n) is 17.7. The van der Waals surface area contributed by atoms with Gasteiger partial charge in [-0.3, -0.25) is 33.9 Å². The molecule has 3 heterocycles. The van der Waals surface area contributed by atoms with Crippen molar-refractivity contribution in [3.05, 3.63) is 195 Å². The van der Waals surface area contributed by atoms with Gasteiger partial charge in [0.1, 0.15) is 6.04 Å². The lowest BCUT2D eigenvalue weighted by Crippen LogP contribution is -2.56. The van der Waals surface area contributed by atoms with Crippen LogP contribution in [0.1, 0.15) is 85.8 Å². The fraction of sp³-hybridized carbons (Fsp3) is 0.437. The summed E-state index contributed by atoms with van der Waals surface area (Å²) in [5.41, 5.74) is 21.7. The maximum absolute atomic E-state index is 14.7. The van der Waals surface area contributed by atoms with E-state index in [4.69, 9.17) is 34.7 Å². The average molecular weight is 1250 g/mol. The van der Waals surface area contributed by atoms with Crippen molar-refractivity contribution in [1.29, 1.82) is 0 Å². The number of pyridine rings is 1. The Labute approximate surface area is 536 Å². The number of carbonyl (C=O) groups excluding carboxylic acids is 5. The van der Waals surface area contributed by atoms with Gasteiger partial charge >= 0.3 is 0 Å². The number of hydrogen-bond acceptors (Lipinski definition) is 11. The number of carbonyl (C=O) groups is 5. The van der Waals surface area contributed by atoms with Crippen LogP contribution >= 0.6 is 23.2 Å². The Morgan fingerprint density at radius 2 is 1.10 bits per heavy atom. The maximum Gasteiger partial charge on any atom is 0.245 e. The molecule has 0 spiro atoms. The van der Waals surface area contributed by atoms with E-state index in [1.165, 1.54) is 0 Å². The summed E-state index contributed by atoms with van der Waals surface area (Å²) in [6, 6.07) is 42.7. The third-order valence-corrected chi connectivity index (χ3v) is 18.5. The van der Waals surface area contributed by atoms with Gasteiger partial charge in [-0.15, -0.1) is 0 Å². The number of aromatic nitrogens is 1. The molecule has 18 heteroatoms. The van der Waals surface area contributed by atoms with Crippen molar-refractivity contribution in [3.8, 4) is 11.1 Å². The van der Waals surface area contributed by atoms with E-state index < -0.39 is 24.2 Å². The fourth-order valence-corrected chi connectivity index (χ4v) is 12.5. The lowest BCUT2D eigenvalue weighted by Gasteiger charge is -2.34. The molecule has 8 rings (SSSR count). The van der Waals surface area contributed by atoms with Crippen molar-refractivity contribution < 1.29 is 24.0 Å². The summed E-state index contributed by atoms with van der Waals surface area (Å²) >= 11 is 12.7. The van der Waals surface area contributed by atoms with Gasteiger partial charge in [-0.05, 0) is 180 Å². The molecule has 2 saturated heterocycles. The molecule has 2 fully saturated rings. The summed E-state index contributed by atoms with van der Waals surface area (Å²) in [5, 5.41) is 13.3. The van der Waals surface area contributed by atoms with Crippen LogP contribution in [0.15, 0.2) is 152 Å². The van der Waals surface area contributed by atoms with Crippen LogP contribution < -0.4 is 32.7 Å². The first-order valence-electron chi connectivity index (χ1n) is 31.7. The molecule has 0 saturated carbocycles. The largest absolute Gasteiger partial charge is 0.351 e. The van der Waals surface area contributed by atoms with Gasteiger partial charge in [0.2, 0.25) is 29.5 Å². The number of nitrogens with two attached hydrogens (primary N) is 2. The van der Waals surface area contributed by atoms with E-state index in [-0.39, 0.29) is 66.7 Å². The number of hydrogen-bond donors (Lipinski definition) is 6. The van der Waals surface area contributed by atoms with Gasteiger partial charge < -0.3 is 47.4 Å². The number of halogens is 2. The highest BCUT2D eigenvalue weighted by Crippen LogP contribution is 2.27. The highest BCUT2D eigenvalue weighted by Gasteiger charge is 2.37. The van der Waals surface area contributed by atoms with E-state index in [9.17, 15) is 24.0 Å². The van der Waals surface area contributed by atoms with Crippen molar-refractivity contribution in [3.63, 3.8) is 0 Å². The molecule has 8 N–H and O–H groups in total. The number of rotatable bonds is 32. The minimum absolute atomic E-state index is 0.0555. The molecule has 0 unspecified atom stereocenters. The van der Waals surface area contributed by atoms with Gasteiger partial charge in [-0.25, -0.2) is 0 Å². The van der Waals surface area contributed by atoms with E-state index in [1.54, 1.807) is 45.5 Å². The number of nitrogens with one attached hydrogen (secondary N) is 4. The van der Waals surface area contributed by atoms with Crippen LogP contribution in [0.3, 0.4) is 0 Å². The summed E-state index contributed by atoms with van der Waals surface area (Å²) < 4.78 is 0. The van der Waals surface area contributed by atoms with Gasteiger partial charge in [0.25, 0.3) is 0 Å². The normalized spacial score (nSPS) is 17.1. The van der Waals surface area contributed by atoms with Crippen LogP contribution in [-0.4, -0.2) is 162 Å². The number of aryl methyl sites for hydroxylation is 2. The zero-order valence-corrected chi connectivity index (χ0v) is 53.7. The minimum Gasteiger partial charge on any atom is -0.351 e. The number of likely N-dealkylation sites (N-methyl/N-ethyl adjacent to an activating group) is 2. The molecule has 5 amide bonds. The predicted octanol–water partition coefficient (Wildman–Crippen LogP) is 7.84. The van der Waals surface area contributed by atoms with Crippen LogP contribution in [0.5, 0.6) is 0 Å². The molecule has 2 aliphatic heterocycles. The third kappa shape index (κ3) is 20.2. The highest BCUT2D eigenvalue weighted by atomic mass is 35.5. The van der Waals surface area contributed by atoms with Gasteiger partial charge in [-0.1, -0.05) is 138 Å². The molecular weight excluding hydrogens is 1160 g/mol. The zero-order chi connectivity index (χ0) is 63.2. The van der Waals surface area contributed by atoms with Crippen molar-refractivity contribution in [1.82, 2.24) is 45.9 Å². The van der Waals surface area contributed by atoms with Crippen LogP contribution in [-0.2, 0) is 62.5 Å².